The van der Waals surface area contributed by atoms with Gasteiger partial charge in [0.05, 0.1) is 0 Å². The monoisotopic (exact) mass is 1050 g/mol. The molecule has 1 atom stereocenters. The first kappa shape index (κ1) is 72.1. The molecule has 0 fully saturated rings. The number of rotatable bonds is 57. The van der Waals surface area contributed by atoms with Crippen LogP contribution in [0.25, 0.3) is 0 Å². The molecule has 0 aromatic rings. The Labute approximate surface area is 470 Å². The summed E-state index contributed by atoms with van der Waals surface area (Å²) in [7, 11) is 0. The molecule has 0 heterocycles. The van der Waals surface area contributed by atoms with E-state index in [1.165, 1.54) is 148 Å². The molecule has 0 saturated heterocycles. The van der Waals surface area contributed by atoms with Gasteiger partial charge in [-0.2, -0.15) is 0 Å². The number of hydrogen-bond donors (Lipinski definition) is 0. The third kappa shape index (κ3) is 60.9. The van der Waals surface area contributed by atoms with E-state index in [0.717, 1.165) is 103 Å². The van der Waals surface area contributed by atoms with Gasteiger partial charge in [0.25, 0.3) is 0 Å². The van der Waals surface area contributed by atoms with Gasteiger partial charge in [-0.25, -0.2) is 0 Å². The minimum atomic E-state index is -0.798. The molecule has 76 heavy (non-hydrogen) atoms. The summed E-state index contributed by atoms with van der Waals surface area (Å²) in [5.41, 5.74) is 0. The van der Waals surface area contributed by atoms with E-state index in [1.54, 1.807) is 0 Å². The van der Waals surface area contributed by atoms with Gasteiger partial charge in [-0.3, -0.25) is 14.4 Å². The van der Waals surface area contributed by atoms with E-state index in [4.69, 9.17) is 14.2 Å². The van der Waals surface area contributed by atoms with E-state index in [0.29, 0.717) is 19.3 Å². The third-order valence-corrected chi connectivity index (χ3v) is 13.5. The maximum absolute atomic E-state index is 12.8. The number of esters is 3. The van der Waals surface area contributed by atoms with Crippen LogP contribution in [-0.2, 0) is 28.6 Å². The molecule has 0 aromatic carbocycles. The normalized spacial score (nSPS) is 12.8. The van der Waals surface area contributed by atoms with Crippen molar-refractivity contribution in [3.63, 3.8) is 0 Å². The van der Waals surface area contributed by atoms with Crippen LogP contribution in [0.3, 0.4) is 0 Å². The zero-order valence-corrected chi connectivity index (χ0v) is 49.7. The highest BCUT2D eigenvalue weighted by atomic mass is 16.6. The second-order valence-electron chi connectivity index (χ2n) is 21.0. The Balaban J connectivity index is 4.21. The van der Waals surface area contributed by atoms with Crippen molar-refractivity contribution in [3.05, 3.63) is 109 Å². The van der Waals surface area contributed by atoms with E-state index >= 15 is 0 Å². The molecule has 6 nitrogen and oxygen atoms in total. The molecule has 0 aliphatic rings. The van der Waals surface area contributed by atoms with Crippen LogP contribution in [0.15, 0.2) is 109 Å². The fraction of sp³-hybridized carbons (Fsp3) is 0.700. The van der Waals surface area contributed by atoms with Crippen LogP contribution in [0.2, 0.25) is 0 Å². The zero-order chi connectivity index (χ0) is 55.0. The van der Waals surface area contributed by atoms with Crippen molar-refractivity contribution in [1.82, 2.24) is 0 Å². The summed E-state index contributed by atoms with van der Waals surface area (Å²) in [6, 6.07) is 0. The van der Waals surface area contributed by atoms with Crippen LogP contribution in [0, 0.1) is 0 Å². The molecule has 0 bridgehead atoms. The summed E-state index contributed by atoms with van der Waals surface area (Å²) in [6.07, 6.45) is 87.1. The minimum Gasteiger partial charge on any atom is -0.462 e. The Hall–Kier alpha value is -3.93. The second-order valence-corrected chi connectivity index (χ2v) is 21.0. The van der Waals surface area contributed by atoms with E-state index in [-0.39, 0.29) is 37.5 Å². The van der Waals surface area contributed by atoms with Crippen molar-refractivity contribution >= 4 is 17.9 Å². The lowest BCUT2D eigenvalue weighted by atomic mass is 10.0. The molecule has 0 rings (SSSR count). The Bertz CT molecular complexity index is 1540. The number of allylic oxidation sites excluding steroid dienone is 18. The van der Waals surface area contributed by atoms with Crippen LogP contribution in [0.5, 0.6) is 0 Å². The van der Waals surface area contributed by atoms with Crippen LogP contribution >= 0.6 is 0 Å². The van der Waals surface area contributed by atoms with E-state index < -0.39 is 6.10 Å². The molecule has 0 saturated carbocycles. The molecular formula is C70H118O6. The summed E-state index contributed by atoms with van der Waals surface area (Å²) >= 11 is 0. The molecule has 0 amide bonds. The molecule has 6 heteroatoms. The maximum atomic E-state index is 12.8. The third-order valence-electron chi connectivity index (χ3n) is 13.5. The summed E-state index contributed by atoms with van der Waals surface area (Å²) in [6.45, 7) is 6.44. The first-order valence-corrected chi connectivity index (χ1v) is 31.9. The zero-order valence-electron chi connectivity index (χ0n) is 49.7. The van der Waals surface area contributed by atoms with Gasteiger partial charge in [0.1, 0.15) is 13.2 Å². The first-order chi connectivity index (χ1) is 37.5. The summed E-state index contributed by atoms with van der Waals surface area (Å²) in [4.78, 5) is 38.0. The molecule has 0 radical (unpaired) electrons. The van der Waals surface area contributed by atoms with E-state index in [2.05, 4.69) is 130 Å². The Morgan fingerprint density at radius 2 is 0.513 bits per heavy atom. The second kappa shape index (κ2) is 63.6. The number of carbonyl (C=O) groups excluding carboxylic acids is 3. The van der Waals surface area contributed by atoms with Gasteiger partial charge in [0.2, 0.25) is 0 Å². The first-order valence-electron chi connectivity index (χ1n) is 31.9. The molecular weight excluding hydrogens is 937 g/mol. The SMILES string of the molecule is CC/C=C\C/C=C\C/C=C\C/C=C\C/C=C\C/C=C\C/C=C\C/C=C\C/C=C\CCCC(=O)OCC(COC(=O)CCCCCCCC)OC(=O)CCCCCCCCCCCCCCCCCCCCCCCCC. The number of unbranched alkanes of at least 4 members (excludes halogenated alkanes) is 28. The molecule has 0 N–H and O–H groups in total. The van der Waals surface area contributed by atoms with Gasteiger partial charge >= 0.3 is 17.9 Å². The topological polar surface area (TPSA) is 78.9 Å². The fourth-order valence-corrected chi connectivity index (χ4v) is 8.80. The average Bonchev–Trinajstić information content (AvgIpc) is 3.42. The van der Waals surface area contributed by atoms with Crippen molar-refractivity contribution in [2.75, 3.05) is 13.2 Å². The van der Waals surface area contributed by atoms with Gasteiger partial charge in [-0.15, -0.1) is 0 Å². The lowest BCUT2D eigenvalue weighted by molar-refractivity contribution is -0.167. The quantitative estimate of drug-likeness (QED) is 0.0261. The van der Waals surface area contributed by atoms with Gasteiger partial charge in [-0.05, 0) is 83.5 Å². The van der Waals surface area contributed by atoms with Gasteiger partial charge < -0.3 is 14.2 Å². The van der Waals surface area contributed by atoms with Crippen molar-refractivity contribution in [2.45, 2.75) is 303 Å². The minimum absolute atomic E-state index is 0.0946. The summed E-state index contributed by atoms with van der Waals surface area (Å²) in [5, 5.41) is 0. The number of hydrogen-bond acceptors (Lipinski definition) is 6. The predicted molar refractivity (Wildman–Crippen MR) is 330 cm³/mol. The van der Waals surface area contributed by atoms with Crippen molar-refractivity contribution < 1.29 is 28.6 Å². The van der Waals surface area contributed by atoms with Crippen molar-refractivity contribution in [2.24, 2.45) is 0 Å². The predicted octanol–water partition coefficient (Wildman–Crippen LogP) is 21.8. The lowest BCUT2D eigenvalue weighted by Gasteiger charge is -2.18. The van der Waals surface area contributed by atoms with Crippen LogP contribution in [-0.4, -0.2) is 37.2 Å². The standard InChI is InChI=1S/C70H118O6/c1-4-7-10-13-16-18-20-22-24-26-28-30-32-33-34-35-36-37-39-40-42-44-46-48-50-52-54-57-60-63-69(72)75-66-67(65-74-68(71)62-59-56-15-12-9-6-3)76-70(73)64-61-58-55-53-51-49-47-45-43-41-38-31-29-27-25-23-21-19-17-14-11-8-5-2/h7,10,16,18,22,24,28,30,33-34,36-37,40,42,46,48,52,54,67H,4-6,8-9,11-15,17,19-21,23,25-27,29,31-32,35,38-39,41,43-45,47,49-51,53,55-66H2,1-3H3/b10-7-,18-16-,24-22-,30-28-,34-33-,37-36-,42-40-,48-46-,54-52-. The highest BCUT2D eigenvalue weighted by molar-refractivity contribution is 5.71. The highest BCUT2D eigenvalue weighted by Crippen LogP contribution is 2.17. The van der Waals surface area contributed by atoms with Crippen LogP contribution < -0.4 is 0 Å². The Morgan fingerprint density at radius 3 is 0.803 bits per heavy atom. The summed E-state index contributed by atoms with van der Waals surface area (Å²) < 4.78 is 16.7. The van der Waals surface area contributed by atoms with Crippen LogP contribution in [0.1, 0.15) is 297 Å². The molecule has 0 aliphatic heterocycles. The molecule has 434 valence electrons. The Morgan fingerprint density at radius 1 is 0.276 bits per heavy atom. The van der Waals surface area contributed by atoms with Gasteiger partial charge in [0.15, 0.2) is 6.10 Å². The van der Waals surface area contributed by atoms with E-state index in [9.17, 15) is 14.4 Å². The lowest BCUT2D eigenvalue weighted by Crippen LogP contribution is -2.30. The van der Waals surface area contributed by atoms with Crippen molar-refractivity contribution in [3.8, 4) is 0 Å². The van der Waals surface area contributed by atoms with Crippen LogP contribution in [0.4, 0.5) is 0 Å². The average molecular weight is 1060 g/mol. The number of ether oxygens (including phenoxy) is 3. The highest BCUT2D eigenvalue weighted by Gasteiger charge is 2.19. The Kier molecular flexibility index (Phi) is 60.3. The smallest absolute Gasteiger partial charge is 0.306 e. The van der Waals surface area contributed by atoms with Crippen molar-refractivity contribution in [1.29, 1.82) is 0 Å². The number of carbonyl (C=O) groups is 3. The van der Waals surface area contributed by atoms with Gasteiger partial charge in [-0.1, -0.05) is 304 Å². The van der Waals surface area contributed by atoms with E-state index in [1.807, 2.05) is 0 Å². The fourth-order valence-electron chi connectivity index (χ4n) is 8.80. The molecule has 0 aromatic heterocycles. The molecule has 0 spiro atoms. The maximum Gasteiger partial charge on any atom is 0.306 e. The molecule has 1 unspecified atom stereocenters. The summed E-state index contributed by atoms with van der Waals surface area (Å²) in [5.74, 6) is -0.960. The molecule has 0 aliphatic carbocycles. The van der Waals surface area contributed by atoms with Gasteiger partial charge in [0, 0.05) is 19.3 Å². The largest absolute Gasteiger partial charge is 0.462 e.